The molecule has 0 amide bonds. The average Bonchev–Trinajstić information content (AvgIpc) is 2.79. The molecule has 0 atom stereocenters. The third-order valence-corrected chi connectivity index (χ3v) is 5.03. The van der Waals surface area contributed by atoms with Crippen LogP contribution in [0.2, 0.25) is 0 Å². The Kier molecular flexibility index (Phi) is 8.07. The number of ether oxygens (including phenoxy) is 2. The largest absolute Gasteiger partial charge is 0.490 e. The summed E-state index contributed by atoms with van der Waals surface area (Å²) in [5.41, 5.74) is 3.85. The lowest BCUT2D eigenvalue weighted by atomic mass is 10.2. The Balaban J connectivity index is 1.75. The number of benzene rings is 2. The maximum atomic E-state index is 11.1. The highest BCUT2D eigenvalue weighted by Gasteiger charge is 2.14. The van der Waals surface area contributed by atoms with Crippen molar-refractivity contribution in [1.82, 2.24) is 4.98 Å². The van der Waals surface area contributed by atoms with Crippen LogP contribution in [0.25, 0.3) is 0 Å². The Morgan fingerprint density at radius 3 is 2.55 bits per heavy atom. The van der Waals surface area contributed by atoms with Crippen LogP contribution in [-0.2, 0) is 6.61 Å². The summed E-state index contributed by atoms with van der Waals surface area (Å²) < 4.78 is 12.4. The van der Waals surface area contributed by atoms with Crippen LogP contribution in [-0.4, -0.2) is 27.7 Å². The molecule has 1 N–H and O–H groups in total. The number of hydrogen-bond acceptors (Lipinski definition) is 9. The first-order valence-electron chi connectivity index (χ1n) is 9.60. The molecule has 0 saturated heterocycles. The van der Waals surface area contributed by atoms with Gasteiger partial charge in [-0.25, -0.2) is 4.98 Å². The van der Waals surface area contributed by atoms with E-state index < -0.39 is 9.85 Å². The molecule has 0 aliphatic carbocycles. The number of nitro benzene ring substituents is 1. The highest BCUT2D eigenvalue weighted by molar-refractivity contribution is 14.1. The molecule has 0 aliphatic heterocycles. The van der Waals surface area contributed by atoms with Crippen LogP contribution in [0.4, 0.5) is 17.2 Å². The molecule has 2 aromatic carbocycles. The zero-order valence-corrected chi connectivity index (χ0v) is 19.5. The number of halogens is 1. The third kappa shape index (κ3) is 6.35. The number of hydrazone groups is 1. The summed E-state index contributed by atoms with van der Waals surface area (Å²) in [6.45, 7) is 2.45. The molecule has 1 heterocycles. The molecule has 0 fully saturated rings. The number of pyridine rings is 1. The molecule has 3 rings (SSSR count). The quantitative estimate of drug-likeness (QED) is 0.159. The van der Waals surface area contributed by atoms with Gasteiger partial charge >= 0.3 is 5.69 Å². The van der Waals surface area contributed by atoms with Gasteiger partial charge in [0.25, 0.3) is 5.69 Å². The number of rotatable bonds is 10. The van der Waals surface area contributed by atoms with Crippen LogP contribution in [0.5, 0.6) is 11.5 Å². The average molecular weight is 563 g/mol. The first-order chi connectivity index (χ1) is 15.9. The molecule has 12 heteroatoms. The van der Waals surface area contributed by atoms with Crippen molar-refractivity contribution in [2.24, 2.45) is 5.10 Å². The normalized spacial score (nSPS) is 10.7. The Bertz CT molecular complexity index is 1190. The van der Waals surface area contributed by atoms with Gasteiger partial charge in [-0.15, -0.1) is 0 Å². The van der Waals surface area contributed by atoms with E-state index in [1.807, 2.05) is 13.0 Å². The fourth-order valence-corrected chi connectivity index (χ4v) is 3.51. The number of non-ortho nitro benzene ring substituents is 1. The SMILES string of the molecule is CCOc1cc(/C=N\Nc2ncccc2[N+](=O)[O-])cc(I)c1OCc1ccc([N+](=O)[O-])cc1. The van der Waals surface area contributed by atoms with Crippen molar-refractivity contribution in [3.05, 3.63) is 89.7 Å². The smallest absolute Gasteiger partial charge is 0.313 e. The Hall–Kier alpha value is -3.81. The van der Waals surface area contributed by atoms with Crippen molar-refractivity contribution >= 4 is 46.0 Å². The van der Waals surface area contributed by atoms with Gasteiger partial charge in [0.05, 0.1) is 26.2 Å². The number of aromatic nitrogens is 1. The lowest BCUT2D eigenvalue weighted by Gasteiger charge is -2.14. The summed E-state index contributed by atoms with van der Waals surface area (Å²) in [7, 11) is 0. The standard InChI is InChI=1S/C21H18IN5O6/c1-2-32-19-11-15(12-24-25-21-18(27(30)31)4-3-9-23-21)10-17(22)20(19)33-13-14-5-7-16(8-6-14)26(28)29/h3-12H,2,13H2,1H3,(H,23,25)/b24-12-. The minimum Gasteiger partial charge on any atom is -0.490 e. The first kappa shape index (κ1) is 23.8. The Morgan fingerprint density at radius 1 is 1.12 bits per heavy atom. The first-order valence-corrected chi connectivity index (χ1v) is 10.7. The van der Waals surface area contributed by atoms with Gasteiger partial charge in [-0.1, -0.05) is 0 Å². The van der Waals surface area contributed by atoms with Crippen LogP contribution < -0.4 is 14.9 Å². The maximum Gasteiger partial charge on any atom is 0.313 e. The topological polar surface area (TPSA) is 142 Å². The molecule has 1 aromatic heterocycles. The van der Waals surface area contributed by atoms with Gasteiger partial charge in [0.2, 0.25) is 5.82 Å². The highest BCUT2D eigenvalue weighted by Crippen LogP contribution is 2.34. The van der Waals surface area contributed by atoms with Gasteiger partial charge in [-0.3, -0.25) is 25.7 Å². The number of nitrogens with zero attached hydrogens (tertiary/aromatic N) is 4. The van der Waals surface area contributed by atoms with Crippen molar-refractivity contribution in [3.8, 4) is 11.5 Å². The van der Waals surface area contributed by atoms with Gasteiger partial charge < -0.3 is 9.47 Å². The number of nitro groups is 2. The van der Waals surface area contributed by atoms with Crippen molar-refractivity contribution < 1.29 is 19.3 Å². The molecule has 170 valence electrons. The predicted octanol–water partition coefficient (Wildman–Crippen LogP) is 4.93. The van der Waals surface area contributed by atoms with E-state index in [-0.39, 0.29) is 23.8 Å². The van der Waals surface area contributed by atoms with Gasteiger partial charge in [0, 0.05) is 24.4 Å². The number of nitrogens with one attached hydrogen (secondary N) is 1. The summed E-state index contributed by atoms with van der Waals surface area (Å²) in [4.78, 5) is 24.8. The fraction of sp³-hybridized carbons (Fsp3) is 0.143. The summed E-state index contributed by atoms with van der Waals surface area (Å²) in [5.74, 6) is 1.05. The minimum atomic E-state index is -0.544. The number of anilines is 1. The zero-order chi connectivity index (χ0) is 23.8. The fourth-order valence-electron chi connectivity index (χ4n) is 2.73. The van der Waals surface area contributed by atoms with E-state index in [9.17, 15) is 20.2 Å². The van der Waals surface area contributed by atoms with Crippen molar-refractivity contribution in [2.45, 2.75) is 13.5 Å². The maximum absolute atomic E-state index is 11.1. The molecule has 33 heavy (non-hydrogen) atoms. The van der Waals surface area contributed by atoms with E-state index in [1.165, 1.54) is 36.7 Å². The van der Waals surface area contributed by atoms with Gasteiger partial charge in [0.1, 0.15) is 6.61 Å². The summed E-state index contributed by atoms with van der Waals surface area (Å²) in [6, 6.07) is 12.5. The van der Waals surface area contributed by atoms with Gasteiger partial charge in [0.15, 0.2) is 11.5 Å². The molecule has 3 aromatic rings. The molecule has 0 spiro atoms. The molecule has 0 unspecified atom stereocenters. The summed E-state index contributed by atoms with van der Waals surface area (Å²) >= 11 is 2.11. The van der Waals surface area contributed by atoms with E-state index in [1.54, 1.807) is 18.2 Å². The molecule has 11 nitrogen and oxygen atoms in total. The van der Waals surface area contributed by atoms with Gasteiger partial charge in [-0.05, 0) is 71.0 Å². The second-order valence-electron chi connectivity index (χ2n) is 6.47. The van der Waals surface area contributed by atoms with Crippen molar-refractivity contribution in [1.29, 1.82) is 0 Å². The van der Waals surface area contributed by atoms with Crippen LogP contribution in [0, 0.1) is 23.8 Å². The second-order valence-corrected chi connectivity index (χ2v) is 7.64. The molecule has 0 bridgehead atoms. The predicted molar refractivity (Wildman–Crippen MR) is 130 cm³/mol. The van der Waals surface area contributed by atoms with E-state index >= 15 is 0 Å². The van der Waals surface area contributed by atoms with Gasteiger partial charge in [-0.2, -0.15) is 5.10 Å². The Labute approximate surface area is 201 Å². The van der Waals surface area contributed by atoms with E-state index in [0.29, 0.717) is 23.7 Å². The van der Waals surface area contributed by atoms with Crippen LogP contribution in [0.1, 0.15) is 18.1 Å². The minimum absolute atomic E-state index is 0.0108. The van der Waals surface area contributed by atoms with E-state index in [4.69, 9.17) is 9.47 Å². The van der Waals surface area contributed by atoms with E-state index in [0.717, 1.165) is 9.13 Å². The van der Waals surface area contributed by atoms with Crippen LogP contribution >= 0.6 is 22.6 Å². The Morgan fingerprint density at radius 2 is 1.88 bits per heavy atom. The zero-order valence-electron chi connectivity index (χ0n) is 17.3. The van der Waals surface area contributed by atoms with E-state index in [2.05, 4.69) is 38.1 Å². The molecule has 0 saturated carbocycles. The molecule has 0 aliphatic rings. The lowest BCUT2D eigenvalue weighted by molar-refractivity contribution is -0.384. The third-order valence-electron chi connectivity index (χ3n) is 4.23. The van der Waals surface area contributed by atoms with Crippen molar-refractivity contribution in [2.75, 3.05) is 12.0 Å². The second kappa shape index (κ2) is 11.2. The van der Waals surface area contributed by atoms with Crippen LogP contribution in [0.3, 0.4) is 0 Å². The number of hydrogen-bond donors (Lipinski definition) is 1. The molecular formula is C21H18IN5O6. The van der Waals surface area contributed by atoms with Crippen LogP contribution in [0.15, 0.2) is 59.8 Å². The molecular weight excluding hydrogens is 545 g/mol. The summed E-state index contributed by atoms with van der Waals surface area (Å²) in [6.07, 6.45) is 2.92. The lowest BCUT2D eigenvalue weighted by Crippen LogP contribution is -2.03. The van der Waals surface area contributed by atoms with Crippen molar-refractivity contribution in [3.63, 3.8) is 0 Å². The monoisotopic (exact) mass is 563 g/mol. The highest BCUT2D eigenvalue weighted by atomic mass is 127. The molecule has 0 radical (unpaired) electrons. The summed E-state index contributed by atoms with van der Waals surface area (Å²) in [5, 5.41) is 25.9.